The molecule has 0 atom stereocenters. The van der Waals surface area contributed by atoms with Crippen LogP contribution in [0.2, 0.25) is 0 Å². The summed E-state index contributed by atoms with van der Waals surface area (Å²) in [5, 5.41) is 3.66. The number of nitrogens with one attached hydrogen (secondary N) is 1. The summed E-state index contributed by atoms with van der Waals surface area (Å²) in [7, 11) is 1.54. The first-order valence-corrected chi connectivity index (χ1v) is 7.55. The molecule has 3 aromatic rings. The van der Waals surface area contributed by atoms with Gasteiger partial charge in [0.1, 0.15) is 5.75 Å². The molecule has 0 saturated heterocycles. The summed E-state index contributed by atoms with van der Waals surface area (Å²) >= 11 is 3.33. The summed E-state index contributed by atoms with van der Waals surface area (Å²) in [6, 6.07) is 13.6. The highest BCUT2D eigenvalue weighted by Crippen LogP contribution is 2.20. The van der Waals surface area contributed by atoms with Gasteiger partial charge in [-0.15, -0.1) is 0 Å². The van der Waals surface area contributed by atoms with E-state index in [-0.39, 0.29) is 5.76 Å². The molecule has 116 valence electrons. The molecule has 0 fully saturated rings. The van der Waals surface area contributed by atoms with Gasteiger partial charge in [-0.3, -0.25) is 4.79 Å². The van der Waals surface area contributed by atoms with Crippen LogP contribution in [0.5, 0.6) is 5.75 Å². The number of amides is 1. The largest absolute Gasteiger partial charge is 0.497 e. The molecule has 3 rings (SSSR count). The molecule has 0 aliphatic rings. The number of carbonyl (C=O) groups excluding carboxylic acids is 1. The molecule has 0 spiro atoms. The van der Waals surface area contributed by atoms with Gasteiger partial charge in [0.05, 0.1) is 12.5 Å². The minimum Gasteiger partial charge on any atom is -0.497 e. The van der Waals surface area contributed by atoms with Crippen LogP contribution in [0.3, 0.4) is 0 Å². The molecule has 23 heavy (non-hydrogen) atoms. The standard InChI is InChI=1S/C17H12BrNO4/c1-22-13-5-6-14-10(7-13)8-15(23-17(14)21)16(20)19-12-4-2-3-11(18)9-12/h2-9H,1H3,(H,19,20). The highest BCUT2D eigenvalue weighted by molar-refractivity contribution is 9.10. The zero-order valence-corrected chi connectivity index (χ0v) is 13.7. The maximum Gasteiger partial charge on any atom is 0.344 e. The third kappa shape index (κ3) is 3.27. The Kier molecular flexibility index (Phi) is 4.16. The molecular formula is C17H12BrNO4. The Morgan fingerprint density at radius 2 is 2.00 bits per heavy atom. The Morgan fingerprint density at radius 3 is 2.74 bits per heavy atom. The van der Waals surface area contributed by atoms with Crippen molar-refractivity contribution in [2.45, 2.75) is 0 Å². The Bertz CT molecular complexity index is 949. The molecule has 1 amide bonds. The number of halogens is 1. The van der Waals surface area contributed by atoms with Crippen LogP contribution in [-0.4, -0.2) is 13.0 Å². The number of rotatable bonds is 3. The molecule has 1 N–H and O–H groups in total. The predicted molar refractivity (Wildman–Crippen MR) is 91.1 cm³/mol. The molecule has 0 aliphatic carbocycles. The molecule has 1 aromatic heterocycles. The summed E-state index contributed by atoms with van der Waals surface area (Å²) in [6.07, 6.45) is 0. The monoisotopic (exact) mass is 373 g/mol. The number of hydrogen-bond donors (Lipinski definition) is 1. The number of hydrogen-bond acceptors (Lipinski definition) is 4. The van der Waals surface area contributed by atoms with Crippen molar-refractivity contribution in [3.8, 4) is 5.75 Å². The van der Waals surface area contributed by atoms with E-state index in [0.717, 1.165) is 4.47 Å². The second kappa shape index (κ2) is 6.26. The Morgan fingerprint density at radius 1 is 1.17 bits per heavy atom. The van der Waals surface area contributed by atoms with Crippen molar-refractivity contribution < 1.29 is 13.9 Å². The van der Waals surface area contributed by atoms with Gasteiger partial charge in [0.15, 0.2) is 5.76 Å². The summed E-state index contributed by atoms with van der Waals surface area (Å²) < 4.78 is 11.1. The fourth-order valence-corrected chi connectivity index (χ4v) is 2.57. The third-order valence-corrected chi connectivity index (χ3v) is 3.77. The molecule has 1 heterocycles. The Hall–Kier alpha value is -2.60. The average molecular weight is 374 g/mol. The first kappa shape index (κ1) is 15.3. The predicted octanol–water partition coefficient (Wildman–Crippen LogP) is 3.82. The van der Waals surface area contributed by atoms with Crippen molar-refractivity contribution in [1.82, 2.24) is 0 Å². The van der Waals surface area contributed by atoms with Crippen molar-refractivity contribution in [1.29, 1.82) is 0 Å². The van der Waals surface area contributed by atoms with E-state index in [9.17, 15) is 9.59 Å². The number of ether oxygens (including phenoxy) is 1. The fourth-order valence-electron chi connectivity index (χ4n) is 2.17. The lowest BCUT2D eigenvalue weighted by molar-refractivity contribution is 0.0993. The van der Waals surface area contributed by atoms with E-state index >= 15 is 0 Å². The van der Waals surface area contributed by atoms with E-state index in [1.807, 2.05) is 6.07 Å². The average Bonchev–Trinajstić information content (AvgIpc) is 2.54. The van der Waals surface area contributed by atoms with Crippen molar-refractivity contribution >= 4 is 38.3 Å². The fraction of sp³-hybridized carbons (Fsp3) is 0.0588. The van der Waals surface area contributed by atoms with Crippen molar-refractivity contribution in [2.75, 3.05) is 12.4 Å². The van der Waals surface area contributed by atoms with Crippen LogP contribution in [0.15, 0.2) is 62.2 Å². The zero-order chi connectivity index (χ0) is 16.4. The quantitative estimate of drug-likeness (QED) is 0.757. The van der Waals surface area contributed by atoms with Gasteiger partial charge in [0.25, 0.3) is 5.91 Å². The van der Waals surface area contributed by atoms with E-state index in [1.165, 1.54) is 13.2 Å². The number of benzene rings is 2. The molecule has 0 bridgehead atoms. The zero-order valence-electron chi connectivity index (χ0n) is 12.1. The highest BCUT2D eigenvalue weighted by Gasteiger charge is 2.13. The van der Waals surface area contributed by atoms with Gasteiger partial charge < -0.3 is 14.5 Å². The molecule has 5 nitrogen and oxygen atoms in total. The van der Waals surface area contributed by atoms with Crippen LogP contribution in [0.4, 0.5) is 5.69 Å². The lowest BCUT2D eigenvalue weighted by Crippen LogP contribution is -2.15. The molecule has 0 saturated carbocycles. The van der Waals surface area contributed by atoms with Crippen molar-refractivity contribution in [2.24, 2.45) is 0 Å². The minimum atomic E-state index is -0.565. The van der Waals surface area contributed by atoms with Gasteiger partial charge in [-0.1, -0.05) is 22.0 Å². The minimum absolute atomic E-state index is 0.0595. The lowest BCUT2D eigenvalue weighted by Gasteiger charge is -2.06. The number of fused-ring (bicyclic) bond motifs is 1. The summed E-state index contributed by atoms with van der Waals surface area (Å²) in [5.41, 5.74) is 0.0299. The van der Waals surface area contributed by atoms with Gasteiger partial charge in [0, 0.05) is 10.2 Å². The smallest absolute Gasteiger partial charge is 0.344 e. The summed E-state index contributed by atoms with van der Waals surface area (Å²) in [6.45, 7) is 0. The molecule has 2 aromatic carbocycles. The van der Waals surface area contributed by atoms with Crippen LogP contribution in [0.25, 0.3) is 10.8 Å². The molecule has 6 heteroatoms. The SMILES string of the molecule is COc1ccc2c(=O)oc(C(=O)Nc3cccc(Br)c3)cc2c1. The van der Waals surface area contributed by atoms with E-state index in [1.54, 1.807) is 36.4 Å². The summed E-state index contributed by atoms with van der Waals surface area (Å²) in [4.78, 5) is 24.3. The normalized spacial score (nSPS) is 10.5. The van der Waals surface area contributed by atoms with Crippen LogP contribution >= 0.6 is 15.9 Å². The van der Waals surface area contributed by atoms with E-state index in [4.69, 9.17) is 9.15 Å². The van der Waals surface area contributed by atoms with Gasteiger partial charge in [-0.05, 0) is 47.9 Å². The van der Waals surface area contributed by atoms with Crippen molar-refractivity contribution in [3.63, 3.8) is 0 Å². The second-order valence-corrected chi connectivity index (χ2v) is 5.73. The van der Waals surface area contributed by atoms with Crippen molar-refractivity contribution in [3.05, 3.63) is 69.2 Å². The molecule has 0 unspecified atom stereocenters. The second-order valence-electron chi connectivity index (χ2n) is 4.82. The topological polar surface area (TPSA) is 68.5 Å². The van der Waals surface area contributed by atoms with Gasteiger partial charge in [0.2, 0.25) is 0 Å². The first-order chi connectivity index (χ1) is 11.1. The number of anilines is 1. The highest BCUT2D eigenvalue weighted by atomic mass is 79.9. The maximum atomic E-state index is 12.3. The molecule has 0 radical (unpaired) electrons. The number of methoxy groups -OCH3 is 1. The van der Waals surface area contributed by atoms with E-state index in [2.05, 4.69) is 21.2 Å². The Labute approximate surface area is 140 Å². The van der Waals surface area contributed by atoms with E-state index in [0.29, 0.717) is 22.2 Å². The number of carbonyl (C=O) groups is 1. The van der Waals surface area contributed by atoms with Gasteiger partial charge in [-0.25, -0.2) is 4.79 Å². The first-order valence-electron chi connectivity index (χ1n) is 6.75. The maximum absolute atomic E-state index is 12.3. The summed E-state index contributed by atoms with van der Waals surface area (Å²) in [5.74, 6) is 0.0436. The van der Waals surface area contributed by atoms with Gasteiger partial charge in [-0.2, -0.15) is 0 Å². The van der Waals surface area contributed by atoms with Crippen LogP contribution in [0.1, 0.15) is 10.6 Å². The van der Waals surface area contributed by atoms with Gasteiger partial charge >= 0.3 is 5.63 Å². The van der Waals surface area contributed by atoms with E-state index < -0.39 is 11.5 Å². The molecular weight excluding hydrogens is 362 g/mol. The van der Waals surface area contributed by atoms with Crippen LogP contribution in [-0.2, 0) is 0 Å². The van der Waals surface area contributed by atoms with Crippen LogP contribution < -0.4 is 15.7 Å². The third-order valence-electron chi connectivity index (χ3n) is 3.27. The molecule has 0 aliphatic heterocycles. The Balaban J connectivity index is 1.98. The van der Waals surface area contributed by atoms with Crippen LogP contribution in [0, 0.1) is 0 Å². The lowest BCUT2D eigenvalue weighted by atomic mass is 10.1.